The van der Waals surface area contributed by atoms with E-state index in [1.165, 1.54) is 38.5 Å². The normalized spacial score (nSPS) is 24.4. The fourth-order valence-corrected chi connectivity index (χ4v) is 2.09. The molecule has 86 valence electrons. The van der Waals surface area contributed by atoms with Gasteiger partial charge in [-0.3, -0.25) is 0 Å². The summed E-state index contributed by atoms with van der Waals surface area (Å²) in [5, 5.41) is 8.97. The highest BCUT2D eigenvalue weighted by molar-refractivity contribution is 5.86. The summed E-state index contributed by atoms with van der Waals surface area (Å²) in [6.07, 6.45) is 13.5. The number of rotatable bonds is 1. The molecule has 0 saturated heterocycles. The van der Waals surface area contributed by atoms with E-state index in [9.17, 15) is 4.79 Å². The molecule has 0 aliphatic heterocycles. The van der Waals surface area contributed by atoms with Gasteiger partial charge in [0.15, 0.2) is 0 Å². The molecule has 0 bridgehead atoms. The summed E-state index contributed by atoms with van der Waals surface area (Å²) in [5.41, 5.74) is 0.635. The maximum atomic E-state index is 10.9. The molecule has 1 aliphatic carbocycles. The van der Waals surface area contributed by atoms with E-state index in [0.29, 0.717) is 5.57 Å². The molecule has 0 radical (unpaired) electrons. The Labute approximate surface area is 92.4 Å². The highest BCUT2D eigenvalue weighted by Crippen LogP contribution is 2.16. The molecular formula is C13H22O2. The molecule has 0 aromatic rings. The first-order valence-electron chi connectivity index (χ1n) is 6.23. The number of carboxylic acids is 1. The minimum absolute atomic E-state index is 0.635. The molecule has 2 nitrogen and oxygen atoms in total. The summed E-state index contributed by atoms with van der Waals surface area (Å²) < 4.78 is 0. The Balaban J connectivity index is 2.42. The molecule has 0 unspecified atom stereocenters. The van der Waals surface area contributed by atoms with Gasteiger partial charge in [-0.25, -0.2) is 4.79 Å². The Kier molecular flexibility index (Phi) is 6.14. The van der Waals surface area contributed by atoms with Crippen LogP contribution in [0.2, 0.25) is 0 Å². The third-order valence-electron chi connectivity index (χ3n) is 3.07. The fraction of sp³-hybridized carbons (Fsp3) is 0.769. The van der Waals surface area contributed by atoms with E-state index in [4.69, 9.17) is 5.11 Å². The van der Waals surface area contributed by atoms with Crippen LogP contribution in [0.4, 0.5) is 0 Å². The fourth-order valence-electron chi connectivity index (χ4n) is 2.09. The Hall–Kier alpha value is -0.790. The maximum absolute atomic E-state index is 10.9. The monoisotopic (exact) mass is 210 g/mol. The average Bonchev–Trinajstić information content (AvgIpc) is 2.18. The molecule has 0 fully saturated rings. The minimum atomic E-state index is -0.716. The maximum Gasteiger partial charge on any atom is 0.331 e. The third-order valence-corrected chi connectivity index (χ3v) is 3.07. The van der Waals surface area contributed by atoms with Crippen LogP contribution < -0.4 is 0 Å². The van der Waals surface area contributed by atoms with Gasteiger partial charge >= 0.3 is 5.97 Å². The summed E-state index contributed by atoms with van der Waals surface area (Å²) in [6.45, 7) is 0. The largest absolute Gasteiger partial charge is 0.478 e. The van der Waals surface area contributed by atoms with Gasteiger partial charge < -0.3 is 5.11 Å². The van der Waals surface area contributed by atoms with E-state index >= 15 is 0 Å². The van der Waals surface area contributed by atoms with Gasteiger partial charge in [0.2, 0.25) is 0 Å². The quantitative estimate of drug-likeness (QED) is 0.712. The molecule has 2 heteroatoms. The molecule has 0 aromatic carbocycles. The Bertz CT molecular complexity index is 219. The van der Waals surface area contributed by atoms with Gasteiger partial charge in [0.1, 0.15) is 0 Å². The lowest BCUT2D eigenvalue weighted by molar-refractivity contribution is -0.132. The Morgan fingerprint density at radius 1 is 0.933 bits per heavy atom. The van der Waals surface area contributed by atoms with Crippen LogP contribution in [0, 0.1) is 0 Å². The van der Waals surface area contributed by atoms with Crippen molar-refractivity contribution >= 4 is 5.97 Å². The van der Waals surface area contributed by atoms with Gasteiger partial charge in [0.25, 0.3) is 0 Å². The average molecular weight is 210 g/mol. The van der Waals surface area contributed by atoms with Crippen LogP contribution in [0.3, 0.4) is 0 Å². The number of carboxylic acid groups (broad SMARTS) is 1. The van der Waals surface area contributed by atoms with Crippen LogP contribution in [0.5, 0.6) is 0 Å². The van der Waals surface area contributed by atoms with Gasteiger partial charge in [0.05, 0.1) is 0 Å². The second-order valence-corrected chi connectivity index (χ2v) is 4.40. The summed E-state index contributed by atoms with van der Waals surface area (Å²) in [5.74, 6) is -0.716. The lowest BCUT2D eigenvalue weighted by Crippen LogP contribution is -2.01. The summed E-state index contributed by atoms with van der Waals surface area (Å²) in [4.78, 5) is 10.9. The van der Waals surface area contributed by atoms with Crippen molar-refractivity contribution in [2.24, 2.45) is 0 Å². The lowest BCUT2D eigenvalue weighted by atomic mass is 10.0. The second-order valence-electron chi connectivity index (χ2n) is 4.40. The zero-order valence-corrected chi connectivity index (χ0v) is 9.50. The predicted octanol–water partition coefficient (Wildman–Crippen LogP) is 3.91. The molecule has 0 spiro atoms. The standard InChI is InChI=1S/C13H22O2/c14-13(15)12-10-8-6-4-2-1-3-5-7-9-11-12/h10H,1-9,11H2,(H,14,15)/b12-10+. The van der Waals surface area contributed by atoms with Crippen LogP contribution >= 0.6 is 0 Å². The first-order valence-corrected chi connectivity index (χ1v) is 6.23. The predicted molar refractivity (Wildman–Crippen MR) is 61.9 cm³/mol. The highest BCUT2D eigenvalue weighted by atomic mass is 16.4. The first-order chi connectivity index (χ1) is 7.30. The van der Waals surface area contributed by atoms with E-state index in [-0.39, 0.29) is 0 Å². The van der Waals surface area contributed by atoms with E-state index in [0.717, 1.165) is 25.7 Å². The minimum Gasteiger partial charge on any atom is -0.478 e. The molecular weight excluding hydrogens is 188 g/mol. The van der Waals surface area contributed by atoms with Crippen LogP contribution in [-0.4, -0.2) is 11.1 Å². The van der Waals surface area contributed by atoms with Crippen LogP contribution in [0.15, 0.2) is 11.6 Å². The topological polar surface area (TPSA) is 37.3 Å². The van der Waals surface area contributed by atoms with Gasteiger partial charge in [-0.1, -0.05) is 44.6 Å². The van der Waals surface area contributed by atoms with Crippen molar-refractivity contribution < 1.29 is 9.90 Å². The molecule has 0 atom stereocenters. The van der Waals surface area contributed by atoms with Crippen LogP contribution in [0.1, 0.15) is 64.2 Å². The zero-order chi connectivity index (χ0) is 10.9. The second kappa shape index (κ2) is 7.49. The third kappa shape index (κ3) is 5.60. The van der Waals surface area contributed by atoms with Crippen molar-refractivity contribution in [1.29, 1.82) is 0 Å². The Morgan fingerprint density at radius 3 is 2.07 bits per heavy atom. The Morgan fingerprint density at radius 2 is 1.47 bits per heavy atom. The van der Waals surface area contributed by atoms with Crippen molar-refractivity contribution in [3.05, 3.63) is 11.6 Å². The number of hydrogen-bond acceptors (Lipinski definition) is 1. The van der Waals surface area contributed by atoms with Gasteiger partial charge in [0, 0.05) is 5.57 Å². The zero-order valence-electron chi connectivity index (χ0n) is 9.50. The summed E-state index contributed by atoms with van der Waals surface area (Å²) in [6, 6.07) is 0. The summed E-state index contributed by atoms with van der Waals surface area (Å²) >= 11 is 0. The molecule has 15 heavy (non-hydrogen) atoms. The van der Waals surface area contributed by atoms with Crippen molar-refractivity contribution in [1.82, 2.24) is 0 Å². The van der Waals surface area contributed by atoms with Crippen LogP contribution in [-0.2, 0) is 4.79 Å². The lowest BCUT2D eigenvalue weighted by Gasteiger charge is -2.06. The molecule has 1 rings (SSSR count). The number of aliphatic carboxylic acids is 1. The van der Waals surface area contributed by atoms with Crippen molar-refractivity contribution in [3.8, 4) is 0 Å². The van der Waals surface area contributed by atoms with E-state index in [1.54, 1.807) is 0 Å². The van der Waals surface area contributed by atoms with Crippen molar-refractivity contribution in [2.45, 2.75) is 64.2 Å². The van der Waals surface area contributed by atoms with Crippen LogP contribution in [0.25, 0.3) is 0 Å². The summed E-state index contributed by atoms with van der Waals surface area (Å²) in [7, 11) is 0. The molecule has 0 amide bonds. The highest BCUT2D eigenvalue weighted by Gasteiger charge is 2.06. The van der Waals surface area contributed by atoms with E-state index < -0.39 is 5.97 Å². The smallest absolute Gasteiger partial charge is 0.331 e. The number of carbonyl (C=O) groups is 1. The van der Waals surface area contributed by atoms with E-state index in [1.807, 2.05) is 6.08 Å². The molecule has 1 aliphatic rings. The van der Waals surface area contributed by atoms with Crippen molar-refractivity contribution in [2.75, 3.05) is 0 Å². The van der Waals surface area contributed by atoms with Crippen molar-refractivity contribution in [3.63, 3.8) is 0 Å². The first kappa shape index (κ1) is 12.3. The molecule has 0 saturated carbocycles. The molecule has 1 N–H and O–H groups in total. The van der Waals surface area contributed by atoms with Gasteiger partial charge in [-0.05, 0) is 25.7 Å². The molecule has 0 heterocycles. The molecule has 0 aromatic heterocycles. The van der Waals surface area contributed by atoms with Gasteiger partial charge in [-0.2, -0.15) is 0 Å². The SMILES string of the molecule is O=C(O)/C1=C/CCCCCCCCCC1. The number of allylic oxidation sites excluding steroid dienone is 1. The van der Waals surface area contributed by atoms with E-state index in [2.05, 4.69) is 0 Å². The number of hydrogen-bond donors (Lipinski definition) is 1. The van der Waals surface area contributed by atoms with Gasteiger partial charge in [-0.15, -0.1) is 0 Å².